The lowest BCUT2D eigenvalue weighted by Crippen LogP contribution is -2.52. The molecular weight excluding hydrogens is 282 g/mol. The molecule has 6 heteroatoms. The van der Waals surface area contributed by atoms with E-state index in [0.29, 0.717) is 0 Å². The maximum Gasteiger partial charge on any atom is 0.255 e. The standard InChI is InChI=1S/C16H19N3O3/c1-8-6-10-11(14(17-3)9(8)2)7-19(16(10)22)12-4-5-13(20)18-15(12)21/h6,12,17H,4-5,7H2,1-3H3,(H,18,20,21)/i4D2,5D2,6D,7D2,12D/hD2. The number of rotatable bonds is 2. The van der Waals surface area contributed by atoms with Crippen molar-refractivity contribution in [2.45, 2.75) is 39.1 Å². The van der Waals surface area contributed by atoms with E-state index in [1.54, 1.807) is 0 Å². The number of carbonyl (C=O) groups excluding carboxylic acids is 3. The molecule has 2 heterocycles. The van der Waals surface area contributed by atoms with Crippen molar-refractivity contribution in [3.05, 3.63) is 28.3 Å². The van der Waals surface area contributed by atoms with Crippen molar-refractivity contribution in [3.8, 4) is 0 Å². The summed E-state index contributed by atoms with van der Waals surface area (Å²) in [6, 6.07) is -4.19. The maximum absolute atomic E-state index is 13.4. The molecule has 1 atom stereocenters. The van der Waals surface area contributed by atoms with Crippen LogP contribution in [0.3, 0.4) is 0 Å². The van der Waals surface area contributed by atoms with E-state index in [2.05, 4.69) is 0 Å². The van der Waals surface area contributed by atoms with Crippen LogP contribution in [0.1, 0.15) is 50.8 Å². The molecule has 2 aliphatic heterocycles. The van der Waals surface area contributed by atoms with Gasteiger partial charge in [0, 0.05) is 42.2 Å². The van der Waals surface area contributed by atoms with E-state index in [1.807, 2.05) is 0 Å². The normalized spacial score (nSPS) is 38.2. The second-order valence-electron chi connectivity index (χ2n) is 4.77. The SMILES string of the molecule is [2H]c1c(C)c(C)c(N([2H])C)c2c1C(=O)N(C1([2H])C(=O)N([2H])C(=O)C([2H])([2H])C1([2H])[2H])C2([2H])[2H]. The van der Waals surface area contributed by atoms with Crippen LogP contribution in [-0.4, -0.2) is 35.7 Å². The van der Waals surface area contributed by atoms with Gasteiger partial charge in [0.1, 0.15) is 6.02 Å². The summed E-state index contributed by atoms with van der Waals surface area (Å²) in [4.78, 5) is 38.1. The minimum Gasteiger partial charge on any atom is -0.388 e. The third-order valence-corrected chi connectivity index (χ3v) is 3.50. The first kappa shape index (κ1) is 6.81. The Morgan fingerprint density at radius 2 is 2.27 bits per heavy atom. The molecule has 3 rings (SSSR count). The number of hydrogen-bond acceptors (Lipinski definition) is 4. The van der Waals surface area contributed by atoms with Crippen molar-refractivity contribution in [3.63, 3.8) is 0 Å². The summed E-state index contributed by atoms with van der Waals surface area (Å²) < 4.78 is 81.6. The summed E-state index contributed by atoms with van der Waals surface area (Å²) in [5.74, 6) is -5.33. The minimum absolute atomic E-state index is 0.149. The van der Waals surface area contributed by atoms with Gasteiger partial charge in [0.15, 0.2) is 2.82 Å². The zero-order valence-corrected chi connectivity index (χ0v) is 12.1. The van der Waals surface area contributed by atoms with Crippen LogP contribution in [0.5, 0.6) is 0 Å². The topological polar surface area (TPSA) is 78.5 Å². The molecular formula is C16H19N3O3. The van der Waals surface area contributed by atoms with E-state index in [0.717, 1.165) is 5.31 Å². The van der Waals surface area contributed by atoms with Crippen LogP contribution in [0, 0.1) is 13.8 Å². The zero-order valence-electron chi connectivity index (χ0n) is 22.1. The van der Waals surface area contributed by atoms with Crippen molar-refractivity contribution in [1.29, 1.82) is 0 Å². The second-order valence-corrected chi connectivity index (χ2v) is 4.77. The average Bonchev–Trinajstić information content (AvgIpc) is 2.88. The number of imide groups is 1. The number of benzene rings is 1. The van der Waals surface area contributed by atoms with Gasteiger partial charge in [-0.25, -0.2) is 0 Å². The van der Waals surface area contributed by atoms with Crippen molar-refractivity contribution < 1.29 is 28.2 Å². The van der Waals surface area contributed by atoms with Gasteiger partial charge >= 0.3 is 0 Å². The van der Waals surface area contributed by atoms with Gasteiger partial charge in [0.05, 0.1) is 5.48 Å². The molecule has 22 heavy (non-hydrogen) atoms. The number of carbonyl (C=O) groups is 3. The number of hydrogen-bond donors (Lipinski definition) is 2. The fraction of sp³-hybridized carbons (Fsp3) is 0.438. The van der Waals surface area contributed by atoms with Crippen LogP contribution in [0.25, 0.3) is 0 Å². The molecule has 0 aliphatic carbocycles. The molecule has 0 bridgehead atoms. The lowest BCUT2D eigenvalue weighted by Gasteiger charge is -2.29. The van der Waals surface area contributed by atoms with Crippen LogP contribution in [0.15, 0.2) is 6.04 Å². The fourth-order valence-corrected chi connectivity index (χ4v) is 2.30. The van der Waals surface area contributed by atoms with Crippen LogP contribution in [-0.2, 0) is 16.1 Å². The Hall–Kier alpha value is -2.37. The monoisotopic (exact) mass is 311 g/mol. The predicted octanol–water partition coefficient (Wildman–Crippen LogP) is 1.11. The molecule has 1 saturated heterocycles. The van der Waals surface area contributed by atoms with E-state index in [1.165, 1.54) is 20.9 Å². The van der Waals surface area contributed by atoms with Gasteiger partial charge in [-0.3, -0.25) is 19.7 Å². The molecule has 1 aromatic rings. The molecule has 2 aliphatic rings. The smallest absolute Gasteiger partial charge is 0.255 e. The van der Waals surface area contributed by atoms with E-state index in [-0.39, 0.29) is 21.7 Å². The summed E-state index contributed by atoms with van der Waals surface area (Å²) in [5, 5.41) is 0.138. The van der Waals surface area contributed by atoms with Gasteiger partial charge in [-0.15, -0.1) is 0 Å². The van der Waals surface area contributed by atoms with Gasteiger partial charge in [0.25, 0.3) is 5.91 Å². The van der Waals surface area contributed by atoms with Gasteiger partial charge in [-0.2, -0.15) is 0 Å². The lowest BCUT2D eigenvalue weighted by molar-refractivity contribution is -0.136. The van der Waals surface area contributed by atoms with Crippen LogP contribution >= 0.6 is 0 Å². The van der Waals surface area contributed by atoms with E-state index < -0.39 is 65.5 Å². The molecule has 1 fully saturated rings. The Balaban J connectivity index is 2.43. The molecule has 0 radical (unpaired) electrons. The Kier molecular flexibility index (Phi) is 1.58. The Bertz CT molecular complexity index is 1090. The highest BCUT2D eigenvalue weighted by molar-refractivity contribution is 6.06. The first-order chi connectivity index (χ1) is 14.3. The Morgan fingerprint density at radius 1 is 1.55 bits per heavy atom. The maximum atomic E-state index is 13.4. The third-order valence-electron chi connectivity index (χ3n) is 3.50. The summed E-state index contributed by atoms with van der Waals surface area (Å²) in [5.41, 5.74) is -0.861. The predicted molar refractivity (Wildman–Crippen MR) is 81.5 cm³/mol. The largest absolute Gasteiger partial charge is 0.388 e. The summed E-state index contributed by atoms with van der Waals surface area (Å²) in [6.07, 6.45) is -7.42. The Morgan fingerprint density at radius 3 is 2.95 bits per heavy atom. The molecule has 3 amide bonds. The average molecular weight is 311 g/mol. The van der Waals surface area contributed by atoms with Crippen LogP contribution < -0.4 is 10.6 Å². The first-order valence-corrected chi connectivity index (χ1v) is 6.40. The van der Waals surface area contributed by atoms with E-state index in [9.17, 15) is 14.4 Å². The van der Waals surface area contributed by atoms with Crippen molar-refractivity contribution in [2.24, 2.45) is 0 Å². The molecule has 1 aromatic carbocycles. The highest BCUT2D eigenvalue weighted by Crippen LogP contribution is 2.35. The second kappa shape index (κ2) is 5.12. The third kappa shape index (κ3) is 2.06. The van der Waals surface area contributed by atoms with Crippen molar-refractivity contribution >= 4 is 23.4 Å². The minimum atomic E-state index is -3.78. The molecule has 116 valence electrons. The molecule has 1 unspecified atom stereocenters. The number of piperidine rings is 1. The summed E-state index contributed by atoms with van der Waals surface area (Å²) >= 11 is 0. The highest BCUT2D eigenvalue weighted by Gasteiger charge is 2.40. The zero-order chi connectivity index (χ0) is 24.9. The molecule has 0 saturated carbocycles. The van der Waals surface area contributed by atoms with E-state index in [4.69, 9.17) is 13.8 Å². The van der Waals surface area contributed by atoms with Crippen molar-refractivity contribution in [2.75, 3.05) is 12.4 Å². The number of anilines is 1. The summed E-state index contributed by atoms with van der Waals surface area (Å²) in [7, 11) is 1.22. The Labute approximate surface area is 143 Å². The molecule has 6 nitrogen and oxygen atoms in total. The van der Waals surface area contributed by atoms with Crippen LogP contribution in [0.2, 0.25) is 2.82 Å². The van der Waals surface area contributed by atoms with Crippen molar-refractivity contribution in [1.82, 2.24) is 10.2 Å². The van der Waals surface area contributed by atoms with Gasteiger partial charge in [-0.05, 0) is 37.4 Å². The number of nitrogens with one attached hydrogen (secondary N) is 2. The molecule has 2 N–H and O–H groups in total. The summed E-state index contributed by atoms with van der Waals surface area (Å²) in [6.45, 7) is -0.254. The first-order valence-electron chi connectivity index (χ1n) is 11.3. The molecule has 0 aromatic heterocycles. The fourth-order valence-electron chi connectivity index (χ4n) is 2.30. The van der Waals surface area contributed by atoms with E-state index >= 15 is 0 Å². The van der Waals surface area contributed by atoms with Gasteiger partial charge in [0.2, 0.25) is 11.8 Å². The quantitative estimate of drug-likeness (QED) is 0.802. The lowest BCUT2D eigenvalue weighted by atomic mass is 9.98. The number of amides is 3. The highest BCUT2D eigenvalue weighted by atomic mass is 16.2. The van der Waals surface area contributed by atoms with Crippen LogP contribution in [0.4, 0.5) is 5.69 Å². The number of nitrogens with zero attached hydrogens (tertiary/aromatic N) is 1. The number of fused-ring (bicyclic) bond motifs is 1. The van der Waals surface area contributed by atoms with Gasteiger partial charge in [-0.1, -0.05) is 0 Å². The molecule has 0 spiro atoms. The van der Waals surface area contributed by atoms with Gasteiger partial charge < -0.3 is 10.2 Å².